The number of aromatic nitrogens is 4. The number of nitrogens with zero attached hydrogens (tertiary/aromatic N) is 4. The molecule has 1 aliphatic carbocycles. The molecule has 8 nitrogen and oxygen atoms in total. The van der Waals surface area contributed by atoms with Gasteiger partial charge in [-0.05, 0) is 61.2 Å². The third-order valence-electron chi connectivity index (χ3n) is 5.66. The summed E-state index contributed by atoms with van der Waals surface area (Å²) in [5, 5.41) is 3.04. The minimum Gasteiger partial charge on any atom is -0.325 e. The van der Waals surface area contributed by atoms with Crippen LogP contribution in [0.15, 0.2) is 59.9 Å². The van der Waals surface area contributed by atoms with Crippen molar-refractivity contribution in [3.05, 3.63) is 83.2 Å². The first-order valence-electron chi connectivity index (χ1n) is 10.9. The van der Waals surface area contributed by atoms with Gasteiger partial charge >= 0.3 is 0 Å². The predicted molar refractivity (Wildman–Crippen MR) is 132 cm³/mol. The van der Waals surface area contributed by atoms with Crippen LogP contribution in [0.25, 0.3) is 11.1 Å². The standard InChI is InChI=1S/C24H19ClF2N6O2S/c1-13-17(12-30-23(25)22(13)33-36(34,35)19-5-4-16(26)11-18(19)27)15-6-8-28-21(10-15)31-20-7-9-29-24(32-20)14-2-3-14/h4-12,14,33H,2-3H2,1H3,(H,28,29,31,32). The van der Waals surface area contributed by atoms with Crippen molar-refractivity contribution in [2.75, 3.05) is 10.0 Å². The molecule has 2 N–H and O–H groups in total. The molecule has 3 aromatic heterocycles. The Kier molecular flexibility index (Phi) is 6.27. The van der Waals surface area contributed by atoms with E-state index in [0.717, 1.165) is 30.8 Å². The zero-order valence-corrected chi connectivity index (χ0v) is 20.4. The molecule has 0 unspecified atom stereocenters. The smallest absolute Gasteiger partial charge is 0.264 e. The van der Waals surface area contributed by atoms with Crippen LogP contribution in [0, 0.1) is 18.6 Å². The molecule has 0 amide bonds. The van der Waals surface area contributed by atoms with Gasteiger partial charge in [-0.3, -0.25) is 4.72 Å². The summed E-state index contributed by atoms with van der Waals surface area (Å²) in [6.07, 6.45) is 6.96. The predicted octanol–water partition coefficient (Wildman–Crippen LogP) is 5.60. The summed E-state index contributed by atoms with van der Waals surface area (Å²) in [6, 6.07) is 7.43. The number of halogens is 3. The molecule has 1 aromatic carbocycles. The van der Waals surface area contributed by atoms with E-state index in [-0.39, 0.29) is 10.8 Å². The fourth-order valence-corrected chi connectivity index (χ4v) is 5.13. The molecule has 0 saturated heterocycles. The number of benzene rings is 1. The van der Waals surface area contributed by atoms with E-state index in [4.69, 9.17) is 11.6 Å². The Balaban J connectivity index is 1.45. The minimum atomic E-state index is -4.41. The maximum atomic E-state index is 14.2. The third-order valence-corrected chi connectivity index (χ3v) is 7.33. The highest BCUT2D eigenvalue weighted by Crippen LogP contribution is 2.38. The second kappa shape index (κ2) is 9.40. The zero-order valence-electron chi connectivity index (χ0n) is 18.8. The number of anilines is 3. The van der Waals surface area contributed by atoms with Gasteiger partial charge < -0.3 is 5.32 Å². The average Bonchev–Trinajstić information content (AvgIpc) is 3.68. The van der Waals surface area contributed by atoms with Crippen molar-refractivity contribution < 1.29 is 17.2 Å². The van der Waals surface area contributed by atoms with Gasteiger partial charge in [0.25, 0.3) is 10.0 Å². The molecule has 12 heteroatoms. The van der Waals surface area contributed by atoms with Gasteiger partial charge in [0.1, 0.15) is 34.0 Å². The Morgan fingerprint density at radius 3 is 2.53 bits per heavy atom. The Morgan fingerprint density at radius 2 is 1.78 bits per heavy atom. The van der Waals surface area contributed by atoms with Crippen molar-refractivity contribution in [2.24, 2.45) is 0 Å². The van der Waals surface area contributed by atoms with E-state index in [1.54, 1.807) is 37.5 Å². The molecule has 1 aliphatic rings. The maximum absolute atomic E-state index is 14.2. The molecule has 1 fully saturated rings. The van der Waals surface area contributed by atoms with Gasteiger partial charge in [-0.15, -0.1) is 0 Å². The Labute approximate surface area is 210 Å². The van der Waals surface area contributed by atoms with Gasteiger partial charge in [-0.2, -0.15) is 0 Å². The second-order valence-corrected chi connectivity index (χ2v) is 10.3. The molecular formula is C24H19ClF2N6O2S. The van der Waals surface area contributed by atoms with E-state index >= 15 is 0 Å². The van der Waals surface area contributed by atoms with Crippen LogP contribution >= 0.6 is 11.6 Å². The van der Waals surface area contributed by atoms with E-state index in [9.17, 15) is 17.2 Å². The van der Waals surface area contributed by atoms with Crippen LogP contribution in [0.4, 0.5) is 26.1 Å². The van der Waals surface area contributed by atoms with Crippen LogP contribution in [-0.2, 0) is 10.0 Å². The second-order valence-electron chi connectivity index (χ2n) is 8.27. The molecule has 5 rings (SSSR count). The first-order chi connectivity index (χ1) is 17.2. The summed E-state index contributed by atoms with van der Waals surface area (Å²) in [5.74, 6) is 0.204. The highest BCUT2D eigenvalue weighted by atomic mass is 35.5. The topological polar surface area (TPSA) is 110 Å². The molecule has 184 valence electrons. The fourth-order valence-electron chi connectivity index (χ4n) is 3.64. The van der Waals surface area contributed by atoms with Crippen LogP contribution in [0.2, 0.25) is 5.15 Å². The van der Waals surface area contributed by atoms with Gasteiger partial charge in [-0.1, -0.05) is 11.6 Å². The van der Waals surface area contributed by atoms with Crippen LogP contribution in [0.5, 0.6) is 0 Å². The molecule has 0 aliphatic heterocycles. The minimum absolute atomic E-state index is 0.0194. The Bertz CT molecular complexity index is 1580. The van der Waals surface area contributed by atoms with Gasteiger partial charge in [-0.25, -0.2) is 37.1 Å². The lowest BCUT2D eigenvalue weighted by Gasteiger charge is -2.16. The largest absolute Gasteiger partial charge is 0.325 e. The summed E-state index contributed by atoms with van der Waals surface area (Å²) >= 11 is 6.20. The Morgan fingerprint density at radius 1 is 1.00 bits per heavy atom. The maximum Gasteiger partial charge on any atom is 0.264 e. The summed E-state index contributed by atoms with van der Waals surface area (Å²) in [4.78, 5) is 16.6. The van der Waals surface area contributed by atoms with E-state index in [2.05, 4.69) is 30.0 Å². The van der Waals surface area contributed by atoms with E-state index in [1.807, 2.05) is 0 Å². The normalized spacial score (nSPS) is 13.4. The quantitative estimate of drug-likeness (QED) is 0.301. The number of pyridine rings is 2. The Hall–Kier alpha value is -3.70. The molecule has 4 aromatic rings. The van der Waals surface area contributed by atoms with Crippen LogP contribution < -0.4 is 10.0 Å². The number of rotatable bonds is 7. The van der Waals surface area contributed by atoms with Gasteiger partial charge in [0.2, 0.25) is 0 Å². The summed E-state index contributed by atoms with van der Waals surface area (Å²) in [5.41, 5.74) is 1.69. The molecule has 3 heterocycles. The number of hydrogen-bond acceptors (Lipinski definition) is 7. The van der Waals surface area contributed by atoms with E-state index in [1.165, 1.54) is 6.20 Å². The van der Waals surface area contributed by atoms with Crippen molar-refractivity contribution in [3.63, 3.8) is 0 Å². The molecule has 0 bridgehead atoms. The monoisotopic (exact) mass is 528 g/mol. The zero-order chi connectivity index (χ0) is 25.4. The van der Waals surface area contributed by atoms with Gasteiger partial charge in [0, 0.05) is 36.1 Å². The SMILES string of the molecule is Cc1c(-c2ccnc(Nc3ccnc(C4CC4)n3)c2)cnc(Cl)c1NS(=O)(=O)c1ccc(F)cc1F. The first-order valence-corrected chi connectivity index (χ1v) is 12.8. The molecule has 0 radical (unpaired) electrons. The number of sulfonamides is 1. The average molecular weight is 529 g/mol. The lowest BCUT2D eigenvalue weighted by atomic mass is 10.0. The number of hydrogen-bond donors (Lipinski definition) is 2. The van der Waals surface area contributed by atoms with E-state index < -0.39 is 26.6 Å². The van der Waals surface area contributed by atoms with Crippen LogP contribution in [0.1, 0.15) is 30.1 Å². The fraction of sp³-hybridized carbons (Fsp3) is 0.167. The van der Waals surface area contributed by atoms with Crippen molar-refractivity contribution in [1.29, 1.82) is 0 Å². The van der Waals surface area contributed by atoms with Gasteiger partial charge in [0.15, 0.2) is 5.15 Å². The molecular weight excluding hydrogens is 510 g/mol. The van der Waals surface area contributed by atoms with Crippen molar-refractivity contribution in [3.8, 4) is 11.1 Å². The summed E-state index contributed by atoms with van der Waals surface area (Å²) < 4.78 is 55.4. The van der Waals surface area contributed by atoms with Crippen molar-refractivity contribution >= 4 is 38.9 Å². The lowest BCUT2D eigenvalue weighted by Crippen LogP contribution is -2.16. The van der Waals surface area contributed by atoms with Crippen molar-refractivity contribution in [2.45, 2.75) is 30.6 Å². The van der Waals surface area contributed by atoms with Gasteiger partial charge in [0.05, 0.1) is 5.69 Å². The molecule has 1 saturated carbocycles. The number of nitrogens with one attached hydrogen (secondary N) is 2. The van der Waals surface area contributed by atoms with Crippen molar-refractivity contribution in [1.82, 2.24) is 19.9 Å². The van der Waals surface area contributed by atoms with E-state index in [0.29, 0.717) is 40.3 Å². The highest BCUT2D eigenvalue weighted by molar-refractivity contribution is 7.92. The first kappa shape index (κ1) is 24.0. The van der Waals surface area contributed by atoms with Crippen LogP contribution in [-0.4, -0.2) is 28.4 Å². The molecule has 36 heavy (non-hydrogen) atoms. The summed E-state index contributed by atoms with van der Waals surface area (Å²) in [6.45, 7) is 1.65. The highest BCUT2D eigenvalue weighted by Gasteiger charge is 2.26. The molecule has 0 atom stereocenters. The third kappa shape index (κ3) is 4.98. The lowest BCUT2D eigenvalue weighted by molar-refractivity contribution is 0.551. The summed E-state index contributed by atoms with van der Waals surface area (Å²) in [7, 11) is -4.41. The van der Waals surface area contributed by atoms with Crippen LogP contribution in [0.3, 0.4) is 0 Å². The molecule has 0 spiro atoms.